The van der Waals surface area contributed by atoms with Gasteiger partial charge in [-0.15, -0.1) is 0 Å². The first-order chi connectivity index (χ1) is 19.5. The Balaban J connectivity index is 1.50. The van der Waals surface area contributed by atoms with E-state index >= 15 is 0 Å². The van der Waals surface area contributed by atoms with Crippen LogP contribution in [0.1, 0.15) is 28.6 Å². The molecule has 1 aliphatic heterocycles. The number of aromatic nitrogens is 3. The van der Waals surface area contributed by atoms with Gasteiger partial charge < -0.3 is 24.3 Å². The molecule has 0 bridgehead atoms. The van der Waals surface area contributed by atoms with Crippen molar-refractivity contribution in [2.45, 2.75) is 19.5 Å². The normalized spacial score (nSPS) is 14.2. The van der Waals surface area contributed by atoms with Crippen LogP contribution in [-0.4, -0.2) is 39.5 Å². The van der Waals surface area contributed by atoms with Gasteiger partial charge in [0.15, 0.2) is 11.5 Å². The van der Waals surface area contributed by atoms with Gasteiger partial charge in [0.25, 0.3) is 0 Å². The highest BCUT2D eigenvalue weighted by molar-refractivity contribution is 5.90. The van der Waals surface area contributed by atoms with Crippen molar-refractivity contribution in [3.8, 4) is 23.0 Å². The lowest BCUT2D eigenvalue weighted by Crippen LogP contribution is -2.38. The molecular weight excluding hydrogens is 509 g/mol. The fraction of sp³-hybridized carbons (Fsp3) is 0.161. The first kappa shape index (κ1) is 25.2. The van der Waals surface area contributed by atoms with Gasteiger partial charge in [-0.3, -0.25) is 0 Å². The number of hydrogen-bond donors (Lipinski definition) is 1. The summed E-state index contributed by atoms with van der Waals surface area (Å²) >= 11 is 0. The van der Waals surface area contributed by atoms with Gasteiger partial charge in [0.05, 0.1) is 43.9 Å². The maximum Gasteiger partial charge on any atom is 0.322 e. The summed E-state index contributed by atoms with van der Waals surface area (Å²) in [6, 6.07) is 24.5. The van der Waals surface area contributed by atoms with Gasteiger partial charge in [-0.1, -0.05) is 30.3 Å². The summed E-state index contributed by atoms with van der Waals surface area (Å²) in [6.45, 7) is 2.22. The number of rotatable bonds is 5. The van der Waals surface area contributed by atoms with E-state index in [-0.39, 0.29) is 18.4 Å². The Bertz CT molecular complexity index is 1680. The van der Waals surface area contributed by atoms with Crippen LogP contribution >= 0.6 is 0 Å². The molecule has 1 unspecified atom stereocenters. The minimum atomic E-state index is -0.508. The molecular formula is C31H28FN5O3. The molecule has 0 saturated heterocycles. The Morgan fingerprint density at radius 2 is 1.70 bits per heavy atom. The van der Waals surface area contributed by atoms with Crippen LogP contribution in [-0.2, 0) is 6.54 Å². The molecule has 3 aromatic carbocycles. The molecule has 0 spiro atoms. The van der Waals surface area contributed by atoms with Crippen molar-refractivity contribution in [2.75, 3.05) is 19.5 Å². The average molecular weight is 538 g/mol. The number of para-hydroxylation sites is 1. The third-order valence-electron chi connectivity index (χ3n) is 7.17. The zero-order chi connectivity index (χ0) is 27.8. The molecule has 40 heavy (non-hydrogen) atoms. The van der Waals surface area contributed by atoms with E-state index in [1.54, 1.807) is 49.5 Å². The van der Waals surface area contributed by atoms with Gasteiger partial charge in [-0.25, -0.2) is 13.9 Å². The highest BCUT2D eigenvalue weighted by Gasteiger charge is 2.36. The maximum absolute atomic E-state index is 14.1. The molecule has 8 nitrogen and oxygen atoms in total. The predicted octanol–water partition coefficient (Wildman–Crippen LogP) is 6.26. The summed E-state index contributed by atoms with van der Waals surface area (Å²) < 4.78 is 28.7. The summed E-state index contributed by atoms with van der Waals surface area (Å²) in [5.41, 5.74) is 4.82. The summed E-state index contributed by atoms with van der Waals surface area (Å²) in [6.07, 6.45) is 1.97. The number of benzene rings is 3. The Morgan fingerprint density at radius 3 is 2.42 bits per heavy atom. The number of carbonyl (C=O) groups is 1. The molecule has 1 N–H and O–H groups in total. The van der Waals surface area contributed by atoms with E-state index in [4.69, 9.17) is 14.6 Å². The molecule has 9 heteroatoms. The van der Waals surface area contributed by atoms with Gasteiger partial charge in [-0.2, -0.15) is 5.10 Å². The zero-order valence-corrected chi connectivity index (χ0v) is 22.3. The first-order valence-electron chi connectivity index (χ1n) is 12.8. The van der Waals surface area contributed by atoms with Gasteiger partial charge in [0.2, 0.25) is 0 Å². The Kier molecular flexibility index (Phi) is 6.47. The van der Waals surface area contributed by atoms with Crippen molar-refractivity contribution in [2.24, 2.45) is 0 Å². The number of amides is 2. The van der Waals surface area contributed by atoms with Crippen LogP contribution in [0.5, 0.6) is 11.5 Å². The van der Waals surface area contributed by atoms with E-state index in [2.05, 4.69) is 9.88 Å². The Labute approximate surface area is 231 Å². The lowest BCUT2D eigenvalue weighted by atomic mass is 10.0. The number of nitrogens with zero attached hydrogens (tertiary/aromatic N) is 4. The molecule has 2 amide bonds. The fourth-order valence-corrected chi connectivity index (χ4v) is 5.25. The number of urea groups is 1. The molecule has 0 radical (unpaired) electrons. The van der Waals surface area contributed by atoms with Crippen LogP contribution in [0.25, 0.3) is 11.5 Å². The van der Waals surface area contributed by atoms with Crippen LogP contribution in [0.2, 0.25) is 0 Å². The van der Waals surface area contributed by atoms with Crippen LogP contribution in [0, 0.1) is 12.7 Å². The molecule has 0 saturated carbocycles. The number of nitrogens with one attached hydrogen (secondary N) is 1. The number of aryl methyl sites for hydroxylation is 1. The summed E-state index contributed by atoms with van der Waals surface area (Å²) in [4.78, 5) is 15.8. The monoisotopic (exact) mass is 537 g/mol. The van der Waals surface area contributed by atoms with Gasteiger partial charge in [0.1, 0.15) is 11.6 Å². The van der Waals surface area contributed by atoms with Gasteiger partial charge in [0, 0.05) is 23.5 Å². The molecule has 6 rings (SSSR count). The molecule has 202 valence electrons. The molecule has 0 fully saturated rings. The van der Waals surface area contributed by atoms with Crippen molar-refractivity contribution < 1.29 is 18.7 Å². The van der Waals surface area contributed by atoms with E-state index in [1.807, 2.05) is 60.3 Å². The third kappa shape index (κ3) is 4.35. The minimum absolute atomic E-state index is 0.275. The van der Waals surface area contributed by atoms with Crippen molar-refractivity contribution in [3.05, 3.63) is 119 Å². The second-order valence-corrected chi connectivity index (χ2v) is 9.52. The number of ether oxygens (including phenoxy) is 2. The number of methoxy groups -OCH3 is 2. The number of carbonyl (C=O) groups excluding carboxylic acids is 1. The topological polar surface area (TPSA) is 73.5 Å². The molecule has 3 heterocycles. The van der Waals surface area contributed by atoms with E-state index in [1.165, 1.54) is 12.1 Å². The Hall–Kier alpha value is -5.05. The third-order valence-corrected chi connectivity index (χ3v) is 7.17. The lowest BCUT2D eigenvalue weighted by molar-refractivity contribution is 0.194. The van der Waals surface area contributed by atoms with Crippen molar-refractivity contribution >= 4 is 11.7 Å². The molecule has 2 aromatic heterocycles. The first-order valence-corrected chi connectivity index (χ1v) is 12.8. The molecule has 1 aliphatic rings. The maximum atomic E-state index is 14.1. The summed E-state index contributed by atoms with van der Waals surface area (Å²) in [5.74, 6) is 1.58. The summed E-state index contributed by atoms with van der Waals surface area (Å²) in [5, 5.41) is 7.90. The highest BCUT2D eigenvalue weighted by atomic mass is 19.1. The Morgan fingerprint density at radius 1 is 0.950 bits per heavy atom. The van der Waals surface area contributed by atoms with E-state index in [0.29, 0.717) is 17.2 Å². The SMILES string of the molecule is COc1ccc(NC(=O)N2Cc3c(C)nn(-c4ccccc4)c3-n3cccc3C2c2ccc(F)cc2)cc1OC. The number of fused-ring (bicyclic) bond motifs is 3. The molecule has 1 atom stereocenters. The van der Waals surface area contributed by atoms with Crippen molar-refractivity contribution in [1.82, 2.24) is 19.2 Å². The standard InChI is InChI=1S/C31H28FN5O3/c1-20-25-19-36(31(38)33-23-15-16-27(39-2)28(18-23)40-3)29(21-11-13-22(32)14-12-21)26-10-7-17-35(26)30(25)37(34-20)24-8-5-4-6-9-24/h4-18,29H,19H2,1-3H3,(H,33,38). The van der Waals surface area contributed by atoms with Gasteiger partial charge in [-0.05, 0) is 61.0 Å². The zero-order valence-electron chi connectivity index (χ0n) is 22.3. The quantitative estimate of drug-likeness (QED) is 0.287. The van der Waals surface area contributed by atoms with Crippen LogP contribution < -0.4 is 14.8 Å². The highest BCUT2D eigenvalue weighted by Crippen LogP contribution is 2.39. The van der Waals surface area contributed by atoms with Crippen LogP contribution in [0.4, 0.5) is 14.9 Å². The van der Waals surface area contributed by atoms with Crippen molar-refractivity contribution in [3.63, 3.8) is 0 Å². The largest absolute Gasteiger partial charge is 0.493 e. The van der Waals surface area contributed by atoms with E-state index in [0.717, 1.165) is 34.0 Å². The van der Waals surface area contributed by atoms with Crippen LogP contribution in [0.3, 0.4) is 0 Å². The predicted molar refractivity (Wildman–Crippen MR) is 150 cm³/mol. The second kappa shape index (κ2) is 10.3. The lowest BCUT2D eigenvalue weighted by Gasteiger charge is -2.31. The minimum Gasteiger partial charge on any atom is -0.493 e. The van der Waals surface area contributed by atoms with E-state index in [9.17, 15) is 9.18 Å². The smallest absolute Gasteiger partial charge is 0.322 e. The average Bonchev–Trinajstić information content (AvgIpc) is 3.54. The van der Waals surface area contributed by atoms with Crippen molar-refractivity contribution in [1.29, 1.82) is 0 Å². The van der Waals surface area contributed by atoms with Gasteiger partial charge >= 0.3 is 6.03 Å². The summed E-state index contributed by atoms with van der Waals surface area (Å²) in [7, 11) is 3.11. The van der Waals surface area contributed by atoms with Crippen LogP contribution in [0.15, 0.2) is 91.1 Å². The second-order valence-electron chi connectivity index (χ2n) is 9.52. The number of halogens is 1. The molecule has 0 aliphatic carbocycles. The van der Waals surface area contributed by atoms with E-state index < -0.39 is 6.04 Å². The molecule has 5 aromatic rings. The fourth-order valence-electron chi connectivity index (χ4n) is 5.25. The number of anilines is 1. The number of hydrogen-bond acceptors (Lipinski definition) is 4.